The molecule has 0 heterocycles. The summed E-state index contributed by atoms with van der Waals surface area (Å²) in [5.41, 5.74) is 0.531. The Morgan fingerprint density at radius 3 is 2.59 bits per heavy atom. The summed E-state index contributed by atoms with van der Waals surface area (Å²) >= 11 is 0. The van der Waals surface area contributed by atoms with E-state index in [0.29, 0.717) is 11.4 Å². The SMILES string of the molecule is C=CC(=O)Oc1ccc(NC(=O)CC#N)cc1. The van der Waals surface area contributed by atoms with Crippen LogP contribution in [-0.2, 0) is 9.59 Å². The van der Waals surface area contributed by atoms with Crippen molar-refractivity contribution in [2.45, 2.75) is 6.42 Å². The first-order chi connectivity index (χ1) is 8.15. The van der Waals surface area contributed by atoms with Gasteiger partial charge in [-0.2, -0.15) is 5.26 Å². The third-order valence-corrected chi connectivity index (χ3v) is 1.76. The quantitative estimate of drug-likeness (QED) is 0.484. The van der Waals surface area contributed by atoms with Crippen molar-refractivity contribution in [3.63, 3.8) is 0 Å². The number of rotatable bonds is 4. The normalized spacial score (nSPS) is 8.88. The number of hydrogen-bond acceptors (Lipinski definition) is 4. The molecule has 0 aliphatic carbocycles. The number of nitrogens with zero attached hydrogens (tertiary/aromatic N) is 1. The Bertz CT molecular complexity index is 472. The molecule has 0 atom stereocenters. The van der Waals surface area contributed by atoms with E-state index in [0.717, 1.165) is 6.08 Å². The van der Waals surface area contributed by atoms with Gasteiger partial charge in [-0.15, -0.1) is 0 Å². The largest absolute Gasteiger partial charge is 0.423 e. The minimum Gasteiger partial charge on any atom is -0.423 e. The zero-order valence-corrected chi connectivity index (χ0v) is 8.97. The van der Waals surface area contributed by atoms with Gasteiger partial charge in [0, 0.05) is 11.8 Å². The Kier molecular flexibility index (Phi) is 4.45. The second-order valence-corrected chi connectivity index (χ2v) is 3.03. The van der Waals surface area contributed by atoms with Crippen molar-refractivity contribution in [2.75, 3.05) is 5.32 Å². The number of hydrogen-bond donors (Lipinski definition) is 1. The zero-order valence-electron chi connectivity index (χ0n) is 8.97. The first-order valence-electron chi connectivity index (χ1n) is 4.77. The van der Waals surface area contributed by atoms with Crippen LogP contribution < -0.4 is 10.1 Å². The molecule has 0 aliphatic heterocycles. The van der Waals surface area contributed by atoms with Gasteiger partial charge in [0.05, 0.1) is 6.07 Å². The standard InChI is InChI=1S/C12H10N2O3/c1-2-12(16)17-10-5-3-9(4-6-10)14-11(15)7-8-13/h2-6H,1,7H2,(H,14,15). The first kappa shape index (κ1) is 12.5. The summed E-state index contributed by atoms with van der Waals surface area (Å²) in [6, 6.07) is 7.94. The molecule has 1 aromatic rings. The lowest BCUT2D eigenvalue weighted by Crippen LogP contribution is -2.10. The molecule has 1 N–H and O–H groups in total. The first-order valence-corrected chi connectivity index (χ1v) is 4.77. The Labute approximate surface area is 98.3 Å². The summed E-state index contributed by atoms with van der Waals surface area (Å²) in [5, 5.41) is 10.8. The van der Waals surface area contributed by atoms with Crippen molar-refractivity contribution >= 4 is 17.6 Å². The van der Waals surface area contributed by atoms with Gasteiger partial charge < -0.3 is 10.1 Å². The fraction of sp³-hybridized carbons (Fsp3) is 0.0833. The molecule has 1 amide bonds. The Morgan fingerprint density at radius 1 is 1.41 bits per heavy atom. The highest BCUT2D eigenvalue weighted by molar-refractivity contribution is 5.92. The highest BCUT2D eigenvalue weighted by Gasteiger charge is 2.02. The summed E-state index contributed by atoms with van der Waals surface area (Å²) in [4.78, 5) is 22.0. The van der Waals surface area contributed by atoms with E-state index < -0.39 is 5.97 Å². The molecular weight excluding hydrogens is 220 g/mol. The molecule has 5 nitrogen and oxygen atoms in total. The van der Waals surface area contributed by atoms with Crippen LogP contribution in [0.3, 0.4) is 0 Å². The fourth-order valence-corrected chi connectivity index (χ4v) is 1.04. The van der Waals surface area contributed by atoms with Gasteiger partial charge in [0.1, 0.15) is 12.2 Å². The molecule has 0 saturated heterocycles. The lowest BCUT2D eigenvalue weighted by molar-refractivity contribution is -0.129. The molecule has 0 aliphatic rings. The molecule has 86 valence electrons. The molecule has 0 bridgehead atoms. The highest BCUT2D eigenvalue weighted by Crippen LogP contribution is 2.15. The number of amides is 1. The van der Waals surface area contributed by atoms with E-state index in [2.05, 4.69) is 11.9 Å². The van der Waals surface area contributed by atoms with Gasteiger partial charge >= 0.3 is 5.97 Å². The maximum atomic E-state index is 11.1. The third kappa shape index (κ3) is 4.18. The molecule has 0 aromatic heterocycles. The predicted octanol–water partition coefficient (Wildman–Crippen LogP) is 1.63. The van der Waals surface area contributed by atoms with Crippen LogP contribution in [0.15, 0.2) is 36.9 Å². The van der Waals surface area contributed by atoms with Crippen molar-refractivity contribution < 1.29 is 14.3 Å². The maximum Gasteiger partial charge on any atom is 0.335 e. The van der Waals surface area contributed by atoms with Gasteiger partial charge in [-0.3, -0.25) is 4.79 Å². The average molecular weight is 230 g/mol. The number of ether oxygens (including phenoxy) is 1. The van der Waals surface area contributed by atoms with Crippen LogP contribution in [0.2, 0.25) is 0 Å². The van der Waals surface area contributed by atoms with Crippen LogP contribution in [0.4, 0.5) is 5.69 Å². The van der Waals surface area contributed by atoms with E-state index in [4.69, 9.17) is 10.00 Å². The molecule has 0 radical (unpaired) electrons. The zero-order chi connectivity index (χ0) is 12.7. The third-order valence-electron chi connectivity index (χ3n) is 1.76. The average Bonchev–Trinajstić information content (AvgIpc) is 2.32. The summed E-state index contributed by atoms with van der Waals surface area (Å²) in [7, 11) is 0. The van der Waals surface area contributed by atoms with Crippen molar-refractivity contribution in [1.82, 2.24) is 0 Å². The number of nitrogens with one attached hydrogen (secondary N) is 1. The number of nitriles is 1. The van der Waals surface area contributed by atoms with Gasteiger partial charge in [-0.05, 0) is 24.3 Å². The van der Waals surface area contributed by atoms with E-state index in [1.54, 1.807) is 18.2 Å². The maximum absolute atomic E-state index is 11.1. The molecule has 1 rings (SSSR count). The highest BCUT2D eigenvalue weighted by atomic mass is 16.5. The molecule has 17 heavy (non-hydrogen) atoms. The minimum absolute atomic E-state index is 0.201. The lowest BCUT2D eigenvalue weighted by atomic mass is 10.3. The molecule has 0 spiro atoms. The van der Waals surface area contributed by atoms with Crippen LogP contribution in [-0.4, -0.2) is 11.9 Å². The molecular formula is C12H10N2O3. The fourth-order valence-electron chi connectivity index (χ4n) is 1.04. The summed E-state index contributed by atoms with van der Waals surface area (Å²) < 4.78 is 4.85. The van der Waals surface area contributed by atoms with Gasteiger partial charge in [-0.1, -0.05) is 6.58 Å². The molecule has 1 aromatic carbocycles. The minimum atomic E-state index is -0.550. The number of carbonyl (C=O) groups excluding carboxylic acids is 2. The summed E-state index contributed by atoms with van der Waals surface area (Å²) in [6.07, 6.45) is 0.857. The second kappa shape index (κ2) is 6.08. The van der Waals surface area contributed by atoms with E-state index >= 15 is 0 Å². The predicted molar refractivity (Wildman–Crippen MR) is 61.1 cm³/mol. The van der Waals surface area contributed by atoms with E-state index in [-0.39, 0.29) is 12.3 Å². The van der Waals surface area contributed by atoms with Gasteiger partial charge in [0.2, 0.25) is 5.91 Å². The second-order valence-electron chi connectivity index (χ2n) is 3.03. The number of benzene rings is 1. The van der Waals surface area contributed by atoms with Crippen molar-refractivity contribution in [3.8, 4) is 11.8 Å². The van der Waals surface area contributed by atoms with Crippen molar-refractivity contribution in [1.29, 1.82) is 5.26 Å². The number of carbonyl (C=O) groups is 2. The van der Waals surface area contributed by atoms with Crippen LogP contribution in [0.25, 0.3) is 0 Å². The smallest absolute Gasteiger partial charge is 0.335 e. The van der Waals surface area contributed by atoms with Crippen LogP contribution in [0, 0.1) is 11.3 Å². The van der Waals surface area contributed by atoms with Gasteiger partial charge in [-0.25, -0.2) is 4.79 Å². The van der Waals surface area contributed by atoms with Crippen molar-refractivity contribution in [3.05, 3.63) is 36.9 Å². The Morgan fingerprint density at radius 2 is 2.06 bits per heavy atom. The monoisotopic (exact) mass is 230 g/mol. The topological polar surface area (TPSA) is 79.2 Å². The summed E-state index contributed by atoms with van der Waals surface area (Å²) in [6.45, 7) is 3.27. The van der Waals surface area contributed by atoms with Crippen molar-refractivity contribution in [2.24, 2.45) is 0 Å². The van der Waals surface area contributed by atoms with Crippen LogP contribution in [0.1, 0.15) is 6.42 Å². The molecule has 0 fully saturated rings. The van der Waals surface area contributed by atoms with Crippen LogP contribution in [0.5, 0.6) is 5.75 Å². The van der Waals surface area contributed by atoms with Crippen LogP contribution >= 0.6 is 0 Å². The van der Waals surface area contributed by atoms with E-state index in [1.807, 2.05) is 0 Å². The molecule has 0 unspecified atom stereocenters. The van der Waals surface area contributed by atoms with E-state index in [9.17, 15) is 9.59 Å². The summed E-state index contributed by atoms with van der Waals surface area (Å²) in [5.74, 6) is -0.581. The van der Waals surface area contributed by atoms with E-state index in [1.165, 1.54) is 12.1 Å². The Hall–Kier alpha value is -2.61. The van der Waals surface area contributed by atoms with Gasteiger partial charge in [0.15, 0.2) is 0 Å². The number of anilines is 1. The number of esters is 1. The van der Waals surface area contributed by atoms with Gasteiger partial charge in [0.25, 0.3) is 0 Å². The lowest BCUT2D eigenvalue weighted by Gasteiger charge is -2.04. The Balaban J connectivity index is 2.62. The molecule has 0 saturated carbocycles. The molecule has 5 heteroatoms.